The molecule has 1 aromatic heterocycles. The predicted octanol–water partition coefficient (Wildman–Crippen LogP) is 2.87. The molecule has 1 heterocycles. The van der Waals surface area contributed by atoms with Gasteiger partial charge in [-0.05, 0) is 24.7 Å². The van der Waals surface area contributed by atoms with Crippen LogP contribution in [0.5, 0.6) is 0 Å². The third-order valence-corrected chi connectivity index (χ3v) is 3.13. The van der Waals surface area contributed by atoms with E-state index in [1.807, 2.05) is 0 Å². The average molecular weight is 265 g/mol. The maximum Gasteiger partial charge on any atom is 0.147 e. The van der Waals surface area contributed by atoms with Crippen molar-refractivity contribution in [2.45, 2.75) is 47.1 Å². The Morgan fingerprint density at radius 3 is 1.95 bits per heavy atom. The molecule has 0 fully saturated rings. The number of rotatable bonds is 8. The smallest absolute Gasteiger partial charge is 0.147 e. The molecule has 19 heavy (non-hydrogen) atoms. The summed E-state index contributed by atoms with van der Waals surface area (Å²) in [7, 11) is 0. The summed E-state index contributed by atoms with van der Waals surface area (Å²) < 4.78 is 0. The van der Waals surface area contributed by atoms with Crippen molar-refractivity contribution in [3.8, 4) is 0 Å². The van der Waals surface area contributed by atoms with Crippen LogP contribution < -0.4 is 4.90 Å². The van der Waals surface area contributed by atoms with Crippen molar-refractivity contribution in [2.75, 3.05) is 18.0 Å². The molecule has 0 aliphatic rings. The largest absolute Gasteiger partial charge is 0.390 e. The lowest BCUT2D eigenvalue weighted by Gasteiger charge is -2.25. The van der Waals surface area contributed by atoms with Gasteiger partial charge >= 0.3 is 0 Å². The van der Waals surface area contributed by atoms with Crippen LogP contribution in [-0.4, -0.2) is 28.2 Å². The Kier molecular flexibility index (Phi) is 6.78. The molecule has 0 atom stereocenters. The molecule has 0 bridgehead atoms. The van der Waals surface area contributed by atoms with E-state index in [9.17, 15) is 0 Å². The number of anilines is 1. The molecule has 1 N–H and O–H groups in total. The molecule has 0 unspecified atom stereocenters. The molecule has 1 aromatic rings. The molecular weight excluding hydrogens is 238 g/mol. The van der Waals surface area contributed by atoms with Crippen molar-refractivity contribution in [3.63, 3.8) is 0 Å². The third-order valence-electron chi connectivity index (χ3n) is 3.13. The summed E-state index contributed by atoms with van der Waals surface area (Å²) in [4.78, 5) is 10.9. The Labute approximate surface area is 116 Å². The van der Waals surface area contributed by atoms with Crippen LogP contribution in [0.25, 0.3) is 0 Å². The number of aliphatic hydroxyl groups excluding tert-OH is 1. The van der Waals surface area contributed by atoms with Crippen molar-refractivity contribution in [1.82, 2.24) is 9.97 Å². The number of aliphatic hydroxyl groups is 1. The molecule has 0 aliphatic carbocycles. The summed E-state index contributed by atoms with van der Waals surface area (Å²) in [6, 6.07) is 0. The van der Waals surface area contributed by atoms with E-state index in [1.165, 1.54) is 0 Å². The summed E-state index contributed by atoms with van der Waals surface area (Å²) in [6.45, 7) is 10.9. The highest BCUT2D eigenvalue weighted by molar-refractivity contribution is 5.35. The Hall–Kier alpha value is -1.16. The SMILES string of the molecule is CC(C)CCN(CCC(C)C)c1cnc(CO)cn1. The molecule has 0 spiro atoms. The first-order chi connectivity index (χ1) is 9.02. The van der Waals surface area contributed by atoms with Crippen molar-refractivity contribution in [1.29, 1.82) is 0 Å². The van der Waals surface area contributed by atoms with Crippen molar-refractivity contribution in [2.24, 2.45) is 11.8 Å². The quantitative estimate of drug-likeness (QED) is 0.785. The van der Waals surface area contributed by atoms with Crippen LogP contribution in [-0.2, 0) is 6.61 Å². The fraction of sp³-hybridized carbons (Fsp3) is 0.733. The topological polar surface area (TPSA) is 49.2 Å². The van der Waals surface area contributed by atoms with Gasteiger partial charge in [-0.25, -0.2) is 4.98 Å². The van der Waals surface area contributed by atoms with Gasteiger partial charge in [0.05, 0.1) is 24.7 Å². The van der Waals surface area contributed by atoms with Crippen LogP contribution in [0.15, 0.2) is 12.4 Å². The number of hydrogen-bond acceptors (Lipinski definition) is 4. The van der Waals surface area contributed by atoms with Gasteiger partial charge in [-0.2, -0.15) is 0 Å². The molecule has 1 rings (SSSR count). The molecule has 108 valence electrons. The Balaban J connectivity index is 2.69. The molecule has 0 aliphatic heterocycles. The zero-order valence-electron chi connectivity index (χ0n) is 12.6. The number of hydrogen-bond donors (Lipinski definition) is 1. The van der Waals surface area contributed by atoms with Gasteiger partial charge in [-0.3, -0.25) is 4.98 Å². The Morgan fingerprint density at radius 1 is 1.00 bits per heavy atom. The van der Waals surface area contributed by atoms with Gasteiger partial charge in [0, 0.05) is 13.1 Å². The Bertz CT molecular complexity index is 337. The minimum Gasteiger partial charge on any atom is -0.390 e. The monoisotopic (exact) mass is 265 g/mol. The van der Waals surface area contributed by atoms with Crippen LogP contribution in [0.1, 0.15) is 46.2 Å². The van der Waals surface area contributed by atoms with Crippen LogP contribution in [0.3, 0.4) is 0 Å². The van der Waals surface area contributed by atoms with E-state index in [0.29, 0.717) is 17.5 Å². The van der Waals surface area contributed by atoms with E-state index < -0.39 is 0 Å². The molecule has 4 heteroatoms. The van der Waals surface area contributed by atoms with E-state index in [0.717, 1.165) is 31.7 Å². The van der Waals surface area contributed by atoms with Crippen molar-refractivity contribution >= 4 is 5.82 Å². The third kappa shape index (κ3) is 6.01. The Morgan fingerprint density at radius 2 is 1.58 bits per heavy atom. The van der Waals surface area contributed by atoms with Gasteiger partial charge in [0.25, 0.3) is 0 Å². The second-order valence-corrected chi connectivity index (χ2v) is 5.88. The van der Waals surface area contributed by atoms with Gasteiger partial charge in [0.15, 0.2) is 0 Å². The molecule has 0 aromatic carbocycles. The lowest BCUT2D eigenvalue weighted by Crippen LogP contribution is -2.28. The number of nitrogens with zero attached hydrogens (tertiary/aromatic N) is 3. The van der Waals surface area contributed by atoms with Gasteiger partial charge in [-0.1, -0.05) is 27.7 Å². The fourth-order valence-corrected chi connectivity index (χ4v) is 1.76. The lowest BCUT2D eigenvalue weighted by atomic mass is 10.1. The molecule has 0 saturated carbocycles. The second-order valence-electron chi connectivity index (χ2n) is 5.88. The average Bonchev–Trinajstić information content (AvgIpc) is 2.38. The van der Waals surface area contributed by atoms with Gasteiger partial charge < -0.3 is 10.0 Å². The first-order valence-corrected chi connectivity index (χ1v) is 7.19. The maximum atomic E-state index is 9.00. The summed E-state index contributed by atoms with van der Waals surface area (Å²) in [5, 5.41) is 9.00. The van der Waals surface area contributed by atoms with Gasteiger partial charge in [0.2, 0.25) is 0 Å². The molecule has 0 amide bonds. The highest BCUT2D eigenvalue weighted by Crippen LogP contribution is 2.14. The van der Waals surface area contributed by atoms with Crippen molar-refractivity contribution < 1.29 is 5.11 Å². The summed E-state index contributed by atoms with van der Waals surface area (Å²) in [6.07, 6.45) is 5.74. The minimum absolute atomic E-state index is 0.0503. The normalized spacial score (nSPS) is 11.3. The maximum absolute atomic E-state index is 9.00. The number of aromatic nitrogens is 2. The fourth-order valence-electron chi connectivity index (χ4n) is 1.76. The van der Waals surface area contributed by atoms with E-state index in [-0.39, 0.29) is 6.61 Å². The highest BCUT2D eigenvalue weighted by atomic mass is 16.3. The van der Waals surface area contributed by atoms with E-state index in [1.54, 1.807) is 12.4 Å². The molecule has 0 radical (unpaired) electrons. The zero-order chi connectivity index (χ0) is 14.3. The first kappa shape index (κ1) is 15.9. The van der Waals surface area contributed by atoms with E-state index in [2.05, 4.69) is 42.6 Å². The lowest BCUT2D eigenvalue weighted by molar-refractivity contribution is 0.276. The van der Waals surface area contributed by atoms with E-state index in [4.69, 9.17) is 5.11 Å². The molecule has 4 nitrogen and oxygen atoms in total. The minimum atomic E-state index is -0.0503. The highest BCUT2D eigenvalue weighted by Gasteiger charge is 2.10. The second kappa shape index (κ2) is 8.10. The first-order valence-electron chi connectivity index (χ1n) is 7.19. The standard InChI is InChI=1S/C15H27N3O/c1-12(2)5-7-18(8-6-13(3)4)15-10-16-14(11-19)9-17-15/h9-10,12-13,19H,5-8,11H2,1-4H3. The van der Waals surface area contributed by atoms with Gasteiger partial charge in [0.1, 0.15) is 5.82 Å². The zero-order valence-corrected chi connectivity index (χ0v) is 12.6. The predicted molar refractivity (Wildman–Crippen MR) is 79.1 cm³/mol. The van der Waals surface area contributed by atoms with E-state index >= 15 is 0 Å². The molecular formula is C15H27N3O. The summed E-state index contributed by atoms with van der Waals surface area (Å²) >= 11 is 0. The van der Waals surface area contributed by atoms with Crippen LogP contribution in [0.4, 0.5) is 5.82 Å². The van der Waals surface area contributed by atoms with Crippen LogP contribution in [0, 0.1) is 11.8 Å². The van der Waals surface area contributed by atoms with Gasteiger partial charge in [-0.15, -0.1) is 0 Å². The summed E-state index contributed by atoms with van der Waals surface area (Å²) in [5.74, 6) is 2.29. The molecule has 0 saturated heterocycles. The van der Waals surface area contributed by atoms with Crippen LogP contribution >= 0.6 is 0 Å². The summed E-state index contributed by atoms with van der Waals surface area (Å²) in [5.41, 5.74) is 0.622. The van der Waals surface area contributed by atoms with Crippen molar-refractivity contribution in [3.05, 3.63) is 18.1 Å². The van der Waals surface area contributed by atoms with Crippen LogP contribution in [0.2, 0.25) is 0 Å².